The molecule has 0 radical (unpaired) electrons. The van der Waals surface area contributed by atoms with Crippen molar-refractivity contribution < 1.29 is 19.2 Å². The van der Waals surface area contributed by atoms with Gasteiger partial charge in [-0.3, -0.25) is 9.59 Å². The topological polar surface area (TPSA) is 63.7 Å². The molecule has 0 aromatic heterocycles. The third-order valence-corrected chi connectivity index (χ3v) is 4.70. The predicted octanol–water partition coefficient (Wildman–Crippen LogP) is 3.49. The lowest BCUT2D eigenvalue weighted by Crippen LogP contribution is -2.32. The Kier molecular flexibility index (Phi) is 5.19. The quantitative estimate of drug-likeness (QED) is 0.586. The highest BCUT2D eigenvalue weighted by Crippen LogP contribution is 2.23. The van der Waals surface area contributed by atoms with E-state index in [1.54, 1.807) is 36.0 Å². The summed E-state index contributed by atoms with van der Waals surface area (Å²) >= 11 is 1.68. The van der Waals surface area contributed by atoms with E-state index in [9.17, 15) is 14.4 Å². The van der Waals surface area contributed by atoms with Gasteiger partial charge in [0, 0.05) is 11.3 Å². The summed E-state index contributed by atoms with van der Waals surface area (Å²) in [6.07, 6.45) is 3.47. The van der Waals surface area contributed by atoms with Gasteiger partial charge in [0.2, 0.25) is 0 Å². The molecule has 1 aliphatic rings. The van der Waals surface area contributed by atoms with Crippen molar-refractivity contribution in [1.29, 1.82) is 0 Å². The molecule has 2 aromatic rings. The number of imide groups is 1. The van der Waals surface area contributed by atoms with Crippen LogP contribution < -0.4 is 0 Å². The number of thioether (sulfide) groups is 1. The van der Waals surface area contributed by atoms with Gasteiger partial charge < -0.3 is 4.84 Å². The minimum absolute atomic E-state index is 0.137. The number of hydrogen-bond donors (Lipinski definition) is 0. The Hall–Kier alpha value is -2.60. The molecular weight excluding hydrogens is 338 g/mol. The van der Waals surface area contributed by atoms with Gasteiger partial charge in [0.25, 0.3) is 11.8 Å². The van der Waals surface area contributed by atoms with Gasteiger partial charge in [-0.05, 0) is 48.9 Å². The highest BCUT2D eigenvalue weighted by Gasteiger charge is 2.38. The fraction of sp³-hybridized carbons (Fsp3) is 0.211. The van der Waals surface area contributed by atoms with Crippen molar-refractivity contribution in [3.8, 4) is 0 Å². The molecule has 0 fully saturated rings. The molecule has 0 saturated carbocycles. The zero-order chi connectivity index (χ0) is 17.8. The van der Waals surface area contributed by atoms with Crippen LogP contribution in [0.1, 0.15) is 39.1 Å². The number of benzene rings is 2. The molecule has 0 saturated heterocycles. The van der Waals surface area contributed by atoms with E-state index >= 15 is 0 Å². The first-order chi connectivity index (χ1) is 12.1. The van der Waals surface area contributed by atoms with Gasteiger partial charge in [0.15, 0.2) is 0 Å². The van der Waals surface area contributed by atoms with Gasteiger partial charge in [0.05, 0.1) is 11.1 Å². The smallest absolute Gasteiger partial charge is 0.330 e. The highest BCUT2D eigenvalue weighted by atomic mass is 32.2. The third-order valence-electron chi connectivity index (χ3n) is 3.96. The summed E-state index contributed by atoms with van der Waals surface area (Å²) in [6, 6.07) is 14.6. The van der Waals surface area contributed by atoms with E-state index in [4.69, 9.17) is 4.84 Å². The van der Waals surface area contributed by atoms with Crippen molar-refractivity contribution >= 4 is 29.5 Å². The van der Waals surface area contributed by atoms with Crippen LogP contribution in [-0.4, -0.2) is 29.1 Å². The molecule has 0 aliphatic carbocycles. The largest absolute Gasteiger partial charge is 0.333 e. The molecule has 1 aliphatic heterocycles. The zero-order valence-corrected chi connectivity index (χ0v) is 14.5. The Balaban J connectivity index is 1.51. The molecule has 0 atom stereocenters. The van der Waals surface area contributed by atoms with E-state index in [-0.39, 0.29) is 17.5 Å². The standard InChI is InChI=1S/C19H17NO4S/c1-25-14-11-9-13(10-12-14)5-4-8-17(21)24-20-18(22)15-6-2-3-7-16(15)19(20)23/h2-3,6-7,9-12H,4-5,8H2,1H3. The second-order valence-corrected chi connectivity index (χ2v) is 6.49. The lowest BCUT2D eigenvalue weighted by molar-refractivity contribution is -0.168. The summed E-state index contributed by atoms with van der Waals surface area (Å²) in [4.78, 5) is 42.4. The Labute approximate surface area is 149 Å². The second kappa shape index (κ2) is 7.53. The Bertz CT molecular complexity index is 781. The maximum atomic E-state index is 12.1. The van der Waals surface area contributed by atoms with E-state index in [1.807, 2.05) is 30.5 Å². The number of fused-ring (bicyclic) bond motifs is 1. The van der Waals surface area contributed by atoms with Gasteiger partial charge in [-0.2, -0.15) is 0 Å². The first-order valence-electron chi connectivity index (χ1n) is 7.91. The SMILES string of the molecule is CSc1ccc(CCCC(=O)ON2C(=O)c3ccccc3C2=O)cc1. The fourth-order valence-electron chi connectivity index (χ4n) is 2.63. The zero-order valence-electron chi connectivity index (χ0n) is 13.7. The highest BCUT2D eigenvalue weighted by molar-refractivity contribution is 7.98. The van der Waals surface area contributed by atoms with Crippen LogP contribution in [0.15, 0.2) is 53.4 Å². The fourth-order valence-corrected chi connectivity index (χ4v) is 3.03. The summed E-state index contributed by atoms with van der Waals surface area (Å²) in [5.41, 5.74) is 1.65. The van der Waals surface area contributed by atoms with Gasteiger partial charge in [-0.1, -0.05) is 29.3 Å². The number of rotatable bonds is 6. The van der Waals surface area contributed by atoms with Crippen LogP contribution in [0.4, 0.5) is 0 Å². The van der Waals surface area contributed by atoms with Crippen LogP contribution in [0.5, 0.6) is 0 Å². The molecule has 2 amide bonds. The molecule has 0 bridgehead atoms. The van der Waals surface area contributed by atoms with E-state index in [0.29, 0.717) is 11.5 Å². The minimum atomic E-state index is -0.596. The van der Waals surface area contributed by atoms with Crippen molar-refractivity contribution in [3.63, 3.8) is 0 Å². The maximum absolute atomic E-state index is 12.1. The van der Waals surface area contributed by atoms with E-state index in [1.165, 1.54) is 4.90 Å². The second-order valence-electron chi connectivity index (χ2n) is 5.62. The van der Waals surface area contributed by atoms with Crippen LogP contribution in [0.3, 0.4) is 0 Å². The summed E-state index contributed by atoms with van der Waals surface area (Å²) < 4.78 is 0. The molecule has 128 valence electrons. The first kappa shape index (κ1) is 17.2. The number of carbonyl (C=O) groups is 3. The molecule has 1 heterocycles. The summed E-state index contributed by atoms with van der Waals surface area (Å²) in [5, 5.41) is 0.556. The maximum Gasteiger partial charge on any atom is 0.333 e. The Morgan fingerprint density at radius 2 is 1.60 bits per heavy atom. The molecule has 5 nitrogen and oxygen atoms in total. The van der Waals surface area contributed by atoms with Gasteiger partial charge >= 0.3 is 5.97 Å². The monoisotopic (exact) mass is 355 g/mol. The number of hydrogen-bond acceptors (Lipinski definition) is 5. The predicted molar refractivity (Wildman–Crippen MR) is 94.2 cm³/mol. The van der Waals surface area contributed by atoms with E-state index in [0.717, 1.165) is 12.0 Å². The van der Waals surface area contributed by atoms with Crippen molar-refractivity contribution in [3.05, 3.63) is 65.2 Å². The van der Waals surface area contributed by atoms with Gasteiger partial charge in [-0.15, -0.1) is 11.8 Å². The van der Waals surface area contributed by atoms with Crippen molar-refractivity contribution in [1.82, 2.24) is 5.06 Å². The number of amides is 2. The molecule has 6 heteroatoms. The van der Waals surface area contributed by atoms with E-state index < -0.39 is 17.8 Å². The van der Waals surface area contributed by atoms with Crippen LogP contribution in [0.25, 0.3) is 0 Å². The van der Waals surface area contributed by atoms with Gasteiger partial charge in [-0.25, -0.2) is 4.79 Å². The van der Waals surface area contributed by atoms with Crippen molar-refractivity contribution in [2.75, 3.05) is 6.26 Å². The van der Waals surface area contributed by atoms with Gasteiger partial charge in [0.1, 0.15) is 0 Å². The van der Waals surface area contributed by atoms with Crippen molar-refractivity contribution in [2.24, 2.45) is 0 Å². The average Bonchev–Trinajstić information content (AvgIpc) is 2.88. The first-order valence-corrected chi connectivity index (χ1v) is 9.14. The lowest BCUT2D eigenvalue weighted by Gasteiger charge is -2.12. The number of aryl methyl sites for hydroxylation is 1. The van der Waals surface area contributed by atoms with Crippen LogP contribution in [-0.2, 0) is 16.1 Å². The summed E-state index contributed by atoms with van der Waals surface area (Å²) in [7, 11) is 0. The average molecular weight is 355 g/mol. The molecule has 25 heavy (non-hydrogen) atoms. The Morgan fingerprint density at radius 3 is 2.16 bits per heavy atom. The number of nitrogens with zero attached hydrogens (tertiary/aromatic N) is 1. The molecule has 0 spiro atoms. The third kappa shape index (κ3) is 3.74. The van der Waals surface area contributed by atoms with E-state index in [2.05, 4.69) is 0 Å². The minimum Gasteiger partial charge on any atom is -0.330 e. The number of carbonyl (C=O) groups excluding carboxylic acids is 3. The van der Waals surface area contributed by atoms with Crippen LogP contribution in [0.2, 0.25) is 0 Å². The molecular formula is C19H17NO4S. The lowest BCUT2D eigenvalue weighted by atomic mass is 10.1. The summed E-state index contributed by atoms with van der Waals surface area (Å²) in [6.45, 7) is 0. The van der Waals surface area contributed by atoms with Crippen LogP contribution >= 0.6 is 11.8 Å². The van der Waals surface area contributed by atoms with Crippen molar-refractivity contribution in [2.45, 2.75) is 24.2 Å². The molecule has 0 unspecified atom stereocenters. The number of hydroxylamine groups is 2. The Morgan fingerprint density at radius 1 is 1.00 bits per heavy atom. The van der Waals surface area contributed by atoms with Crippen LogP contribution in [0, 0.1) is 0 Å². The molecule has 3 rings (SSSR count). The normalized spacial score (nSPS) is 13.1. The summed E-state index contributed by atoms with van der Waals surface area (Å²) in [5.74, 6) is -1.78. The molecule has 0 N–H and O–H groups in total. The molecule has 2 aromatic carbocycles.